The molecular formula is C22H21ClN2O3. The number of pyridine rings is 1. The zero-order valence-corrected chi connectivity index (χ0v) is 16.6. The molecule has 2 aromatic carbocycles. The predicted octanol–water partition coefficient (Wildman–Crippen LogP) is 4.86. The second-order valence-corrected chi connectivity index (χ2v) is 7.28. The predicted molar refractivity (Wildman–Crippen MR) is 109 cm³/mol. The van der Waals surface area contributed by atoms with Crippen molar-refractivity contribution in [2.75, 3.05) is 6.79 Å². The van der Waals surface area contributed by atoms with E-state index in [-0.39, 0.29) is 12.7 Å². The number of amides is 1. The molecule has 1 aromatic heterocycles. The van der Waals surface area contributed by atoms with Crippen LogP contribution in [0.3, 0.4) is 0 Å². The molecule has 0 fully saturated rings. The van der Waals surface area contributed by atoms with Gasteiger partial charge in [0.25, 0.3) is 0 Å². The maximum atomic E-state index is 12.5. The molecule has 0 saturated heterocycles. The van der Waals surface area contributed by atoms with Crippen molar-refractivity contribution in [1.29, 1.82) is 0 Å². The first-order valence-electron chi connectivity index (χ1n) is 9.25. The van der Waals surface area contributed by atoms with E-state index in [2.05, 4.69) is 17.1 Å². The molecule has 0 bridgehead atoms. The third-order valence-electron chi connectivity index (χ3n) is 4.85. The summed E-state index contributed by atoms with van der Waals surface area (Å²) in [6, 6.07) is 13.9. The summed E-state index contributed by atoms with van der Waals surface area (Å²) < 4.78 is 10.9. The Labute approximate surface area is 168 Å². The first-order chi connectivity index (χ1) is 13.5. The second kappa shape index (κ2) is 7.68. The van der Waals surface area contributed by atoms with Crippen molar-refractivity contribution in [3.8, 4) is 11.5 Å². The Morgan fingerprint density at radius 3 is 2.54 bits per heavy atom. The van der Waals surface area contributed by atoms with E-state index in [4.69, 9.17) is 21.1 Å². The Kier molecular flexibility index (Phi) is 5.09. The quantitative estimate of drug-likeness (QED) is 0.577. The Hall–Kier alpha value is -2.79. The van der Waals surface area contributed by atoms with Crippen LogP contribution < -0.4 is 9.47 Å². The zero-order chi connectivity index (χ0) is 19.7. The van der Waals surface area contributed by atoms with Crippen LogP contribution in [0, 0.1) is 6.92 Å². The number of aryl methyl sites for hydroxylation is 1. The van der Waals surface area contributed by atoms with Gasteiger partial charge >= 0.3 is 0 Å². The van der Waals surface area contributed by atoms with Crippen LogP contribution in [0.1, 0.15) is 30.0 Å². The molecule has 0 aliphatic carbocycles. The standard InChI is InChI=1S/C22H21ClN2O3/c1-3-21(26)25(11-15-6-4-14(2)5-7-15)12-17-8-16-9-19-20(28-13-27-19)10-18(16)24-22(17)23/h4-10H,3,11-13H2,1-2H3. The molecule has 1 amide bonds. The minimum absolute atomic E-state index is 0.0717. The van der Waals surface area contributed by atoms with Crippen LogP contribution in [0.5, 0.6) is 11.5 Å². The number of benzene rings is 2. The Balaban J connectivity index is 1.64. The summed E-state index contributed by atoms with van der Waals surface area (Å²) in [5.74, 6) is 1.44. The number of hydrogen-bond donors (Lipinski definition) is 0. The summed E-state index contributed by atoms with van der Waals surface area (Å²) in [6.45, 7) is 5.05. The van der Waals surface area contributed by atoms with Crippen LogP contribution in [0.25, 0.3) is 10.9 Å². The van der Waals surface area contributed by atoms with E-state index in [1.54, 1.807) is 0 Å². The molecule has 0 saturated carbocycles. The van der Waals surface area contributed by atoms with Gasteiger partial charge in [-0.05, 0) is 24.6 Å². The lowest BCUT2D eigenvalue weighted by molar-refractivity contribution is -0.132. The highest BCUT2D eigenvalue weighted by molar-refractivity contribution is 6.30. The van der Waals surface area contributed by atoms with Crippen LogP contribution in [0.15, 0.2) is 42.5 Å². The van der Waals surface area contributed by atoms with Crippen LogP contribution in [-0.4, -0.2) is 22.6 Å². The van der Waals surface area contributed by atoms with E-state index >= 15 is 0 Å². The van der Waals surface area contributed by atoms with E-state index in [1.807, 2.05) is 49.1 Å². The monoisotopic (exact) mass is 396 g/mol. The third kappa shape index (κ3) is 3.76. The van der Waals surface area contributed by atoms with Crippen molar-refractivity contribution in [1.82, 2.24) is 9.88 Å². The van der Waals surface area contributed by atoms with E-state index in [9.17, 15) is 4.79 Å². The molecule has 0 spiro atoms. The van der Waals surface area contributed by atoms with Gasteiger partial charge in [-0.1, -0.05) is 48.4 Å². The number of nitrogens with zero attached hydrogens (tertiary/aromatic N) is 2. The van der Waals surface area contributed by atoms with Crippen LogP contribution in [0.2, 0.25) is 5.15 Å². The largest absolute Gasteiger partial charge is 0.454 e. The van der Waals surface area contributed by atoms with Gasteiger partial charge in [0, 0.05) is 36.5 Å². The lowest BCUT2D eigenvalue weighted by atomic mass is 10.1. The molecule has 5 nitrogen and oxygen atoms in total. The van der Waals surface area contributed by atoms with Gasteiger partial charge in [0.2, 0.25) is 12.7 Å². The van der Waals surface area contributed by atoms with E-state index < -0.39 is 0 Å². The second-order valence-electron chi connectivity index (χ2n) is 6.93. The number of halogens is 1. The van der Waals surface area contributed by atoms with Crippen molar-refractivity contribution in [3.63, 3.8) is 0 Å². The van der Waals surface area contributed by atoms with Gasteiger partial charge in [-0.3, -0.25) is 4.79 Å². The Morgan fingerprint density at radius 2 is 1.82 bits per heavy atom. The zero-order valence-electron chi connectivity index (χ0n) is 15.9. The van der Waals surface area contributed by atoms with Crippen LogP contribution in [-0.2, 0) is 17.9 Å². The van der Waals surface area contributed by atoms with Crippen molar-refractivity contribution in [2.45, 2.75) is 33.4 Å². The fourth-order valence-electron chi connectivity index (χ4n) is 3.27. The number of ether oxygens (including phenoxy) is 2. The van der Waals surface area contributed by atoms with Gasteiger partial charge in [0.1, 0.15) is 5.15 Å². The molecule has 0 radical (unpaired) electrons. The molecule has 3 aromatic rings. The highest BCUT2D eigenvalue weighted by Crippen LogP contribution is 2.36. The number of fused-ring (bicyclic) bond motifs is 2. The number of rotatable bonds is 5. The minimum Gasteiger partial charge on any atom is -0.454 e. The maximum Gasteiger partial charge on any atom is 0.231 e. The van der Waals surface area contributed by atoms with Crippen molar-refractivity contribution < 1.29 is 14.3 Å². The highest BCUT2D eigenvalue weighted by Gasteiger charge is 2.19. The van der Waals surface area contributed by atoms with Crippen molar-refractivity contribution in [2.24, 2.45) is 0 Å². The van der Waals surface area contributed by atoms with Crippen LogP contribution >= 0.6 is 11.6 Å². The first kappa shape index (κ1) is 18.6. The molecular weight excluding hydrogens is 376 g/mol. The van der Waals surface area contributed by atoms with Gasteiger partial charge in [0.05, 0.1) is 5.52 Å². The summed E-state index contributed by atoms with van der Waals surface area (Å²) in [4.78, 5) is 18.9. The molecule has 1 aliphatic rings. The van der Waals surface area contributed by atoms with E-state index in [0.717, 1.165) is 22.0 Å². The van der Waals surface area contributed by atoms with E-state index in [0.29, 0.717) is 36.2 Å². The minimum atomic E-state index is 0.0717. The van der Waals surface area contributed by atoms with Crippen molar-refractivity contribution >= 4 is 28.4 Å². The number of carbonyl (C=O) groups is 1. The number of hydrogen-bond acceptors (Lipinski definition) is 4. The molecule has 0 N–H and O–H groups in total. The average Bonchev–Trinajstić information content (AvgIpc) is 3.14. The summed E-state index contributed by atoms with van der Waals surface area (Å²) >= 11 is 6.45. The van der Waals surface area contributed by atoms with Crippen LogP contribution in [0.4, 0.5) is 0 Å². The van der Waals surface area contributed by atoms with Gasteiger partial charge in [0.15, 0.2) is 11.5 Å². The summed E-state index contributed by atoms with van der Waals surface area (Å²) in [7, 11) is 0. The maximum absolute atomic E-state index is 12.5. The first-order valence-corrected chi connectivity index (χ1v) is 9.63. The highest BCUT2D eigenvalue weighted by atomic mass is 35.5. The molecule has 1 aliphatic heterocycles. The summed E-state index contributed by atoms with van der Waals surface area (Å²) in [5.41, 5.74) is 3.82. The number of carbonyl (C=O) groups excluding carboxylic acids is 1. The fraction of sp³-hybridized carbons (Fsp3) is 0.273. The summed E-state index contributed by atoms with van der Waals surface area (Å²) in [5, 5.41) is 1.30. The lowest BCUT2D eigenvalue weighted by Crippen LogP contribution is -2.29. The topological polar surface area (TPSA) is 51.7 Å². The van der Waals surface area contributed by atoms with Gasteiger partial charge in [-0.2, -0.15) is 0 Å². The molecule has 28 heavy (non-hydrogen) atoms. The van der Waals surface area contributed by atoms with Gasteiger partial charge in [-0.25, -0.2) is 4.98 Å². The van der Waals surface area contributed by atoms with Crippen molar-refractivity contribution in [3.05, 3.63) is 64.3 Å². The molecule has 0 atom stereocenters. The normalized spacial score (nSPS) is 12.4. The molecule has 144 valence electrons. The Bertz CT molecular complexity index is 1030. The van der Waals surface area contributed by atoms with Gasteiger partial charge < -0.3 is 14.4 Å². The molecule has 2 heterocycles. The van der Waals surface area contributed by atoms with E-state index in [1.165, 1.54) is 5.56 Å². The smallest absolute Gasteiger partial charge is 0.231 e. The number of aromatic nitrogens is 1. The average molecular weight is 397 g/mol. The molecule has 6 heteroatoms. The summed E-state index contributed by atoms with van der Waals surface area (Å²) in [6.07, 6.45) is 0.434. The Morgan fingerprint density at radius 1 is 1.11 bits per heavy atom. The molecule has 4 rings (SSSR count). The van der Waals surface area contributed by atoms with Gasteiger partial charge in [-0.15, -0.1) is 0 Å². The third-order valence-corrected chi connectivity index (χ3v) is 5.17. The lowest BCUT2D eigenvalue weighted by Gasteiger charge is -2.23. The fourth-order valence-corrected chi connectivity index (χ4v) is 3.48. The SMILES string of the molecule is CCC(=O)N(Cc1ccc(C)cc1)Cc1cc2cc3c(cc2nc1Cl)OCO3. The molecule has 0 unspecified atom stereocenters.